The molecule has 9 heteroatoms. The summed E-state index contributed by atoms with van der Waals surface area (Å²) in [5.74, 6) is -0.944. The smallest absolute Gasteiger partial charge is 0.343 e. The summed E-state index contributed by atoms with van der Waals surface area (Å²) in [7, 11) is -3.75. The minimum Gasteiger partial charge on any atom is -0.343 e. The van der Waals surface area contributed by atoms with Crippen LogP contribution in [0.5, 0.6) is 0 Å². The molecule has 0 atom stereocenters. The summed E-state index contributed by atoms with van der Waals surface area (Å²) in [5.41, 5.74) is 0.338. The van der Waals surface area contributed by atoms with Crippen LogP contribution in [0.4, 0.5) is 13.2 Å². The van der Waals surface area contributed by atoms with Crippen LogP contribution in [0, 0.1) is 6.92 Å². The molecule has 1 fully saturated rings. The topological polar surface area (TPSA) is 66.5 Å². The highest BCUT2D eigenvalue weighted by atomic mass is 32.2. The van der Waals surface area contributed by atoms with Crippen LogP contribution in [-0.2, 0) is 10.0 Å². The van der Waals surface area contributed by atoms with Gasteiger partial charge < -0.3 is 5.32 Å². The van der Waals surface area contributed by atoms with Crippen molar-refractivity contribution in [3.8, 4) is 0 Å². The highest BCUT2D eigenvalue weighted by Crippen LogP contribution is 2.23. The zero-order chi connectivity index (χ0) is 18.0. The number of carbonyl (C=O) groups excluding carboxylic acids is 1. The maximum atomic E-state index is 12.6. The molecule has 1 heterocycles. The number of aryl methyl sites for hydroxylation is 1. The number of piperidine rings is 1. The van der Waals surface area contributed by atoms with Gasteiger partial charge in [-0.25, -0.2) is 8.42 Å². The van der Waals surface area contributed by atoms with Crippen molar-refractivity contribution in [2.24, 2.45) is 0 Å². The maximum Gasteiger partial charge on any atom is 0.405 e. The fourth-order valence-corrected chi connectivity index (χ4v) is 4.08. The molecular formula is C15H19F3N2O3S. The molecular weight excluding hydrogens is 345 g/mol. The Labute approximate surface area is 138 Å². The van der Waals surface area contributed by atoms with Crippen LogP contribution < -0.4 is 5.32 Å². The van der Waals surface area contributed by atoms with Crippen molar-refractivity contribution >= 4 is 15.9 Å². The lowest BCUT2D eigenvalue weighted by Crippen LogP contribution is -2.36. The first-order valence-corrected chi connectivity index (χ1v) is 9.01. The largest absolute Gasteiger partial charge is 0.405 e. The second-order valence-corrected chi connectivity index (χ2v) is 7.68. The lowest BCUT2D eigenvalue weighted by molar-refractivity contribution is -0.123. The number of nitrogens with zero attached hydrogens (tertiary/aromatic N) is 1. The molecule has 1 saturated heterocycles. The van der Waals surface area contributed by atoms with Crippen molar-refractivity contribution in [3.05, 3.63) is 29.3 Å². The summed E-state index contributed by atoms with van der Waals surface area (Å²) in [5, 5.41) is 1.77. The Morgan fingerprint density at radius 2 is 1.83 bits per heavy atom. The van der Waals surface area contributed by atoms with Gasteiger partial charge in [-0.2, -0.15) is 17.5 Å². The minimum atomic E-state index is -4.53. The van der Waals surface area contributed by atoms with Crippen molar-refractivity contribution in [2.75, 3.05) is 19.6 Å². The summed E-state index contributed by atoms with van der Waals surface area (Å²) in [6.45, 7) is 0.895. The third kappa shape index (κ3) is 4.47. The van der Waals surface area contributed by atoms with Gasteiger partial charge in [0.05, 0.1) is 4.90 Å². The van der Waals surface area contributed by atoms with E-state index in [1.165, 1.54) is 16.4 Å². The average molecular weight is 364 g/mol. The average Bonchev–Trinajstić information content (AvgIpc) is 2.53. The number of halogens is 3. The van der Waals surface area contributed by atoms with Gasteiger partial charge in [0.1, 0.15) is 6.54 Å². The van der Waals surface area contributed by atoms with Crippen LogP contribution in [0.1, 0.15) is 35.2 Å². The van der Waals surface area contributed by atoms with Gasteiger partial charge in [0.15, 0.2) is 0 Å². The van der Waals surface area contributed by atoms with E-state index in [1.54, 1.807) is 12.2 Å². The van der Waals surface area contributed by atoms with E-state index in [1.807, 2.05) is 0 Å². The summed E-state index contributed by atoms with van der Waals surface area (Å²) in [6, 6.07) is 3.95. The Morgan fingerprint density at radius 1 is 1.21 bits per heavy atom. The van der Waals surface area contributed by atoms with Gasteiger partial charge in [-0.15, -0.1) is 0 Å². The first kappa shape index (κ1) is 18.7. The second kappa shape index (κ2) is 7.10. The fraction of sp³-hybridized carbons (Fsp3) is 0.533. The van der Waals surface area contributed by atoms with Gasteiger partial charge in [0.2, 0.25) is 10.0 Å². The molecule has 0 bridgehead atoms. The Morgan fingerprint density at radius 3 is 2.42 bits per heavy atom. The third-order valence-corrected chi connectivity index (χ3v) is 5.75. The lowest BCUT2D eigenvalue weighted by Gasteiger charge is -2.26. The molecule has 1 aliphatic rings. The molecule has 24 heavy (non-hydrogen) atoms. The van der Waals surface area contributed by atoms with Crippen molar-refractivity contribution in [1.82, 2.24) is 9.62 Å². The molecule has 0 aromatic heterocycles. The maximum absolute atomic E-state index is 12.6. The predicted octanol–water partition coefficient (Wildman–Crippen LogP) is 2.46. The number of benzene rings is 1. The van der Waals surface area contributed by atoms with Crippen molar-refractivity contribution in [2.45, 2.75) is 37.3 Å². The number of alkyl halides is 3. The summed E-state index contributed by atoms with van der Waals surface area (Å²) in [4.78, 5) is 11.9. The van der Waals surface area contributed by atoms with Gasteiger partial charge in [0.25, 0.3) is 5.91 Å². The van der Waals surface area contributed by atoms with E-state index in [0.717, 1.165) is 25.3 Å². The SMILES string of the molecule is Cc1ccc(S(=O)(=O)N2CCCCC2)cc1C(=O)NCC(F)(F)F. The number of hydrogen-bond donors (Lipinski definition) is 1. The van der Waals surface area contributed by atoms with E-state index in [-0.39, 0.29) is 10.5 Å². The molecule has 0 aliphatic carbocycles. The normalized spacial score (nSPS) is 16.8. The summed E-state index contributed by atoms with van der Waals surface area (Å²) in [6.07, 6.45) is -2.03. The van der Waals surface area contributed by atoms with E-state index in [9.17, 15) is 26.4 Å². The van der Waals surface area contributed by atoms with Crippen LogP contribution in [0.15, 0.2) is 23.1 Å². The number of amides is 1. The molecule has 1 aromatic rings. The standard InChI is InChI=1S/C15H19F3N2O3S/c1-11-5-6-12(24(22,23)20-7-3-2-4-8-20)9-13(11)14(21)19-10-15(16,17)18/h5-6,9H,2-4,7-8,10H2,1H3,(H,19,21). The zero-order valence-electron chi connectivity index (χ0n) is 13.2. The third-order valence-electron chi connectivity index (χ3n) is 3.86. The van der Waals surface area contributed by atoms with Crippen molar-refractivity contribution < 1.29 is 26.4 Å². The molecule has 134 valence electrons. The quantitative estimate of drug-likeness (QED) is 0.893. The zero-order valence-corrected chi connectivity index (χ0v) is 14.0. The lowest BCUT2D eigenvalue weighted by atomic mass is 10.1. The van der Waals surface area contributed by atoms with Gasteiger partial charge >= 0.3 is 6.18 Å². The Kier molecular flexibility index (Phi) is 5.54. The van der Waals surface area contributed by atoms with Crippen molar-refractivity contribution in [3.63, 3.8) is 0 Å². The summed E-state index contributed by atoms with van der Waals surface area (Å²) >= 11 is 0. The number of rotatable bonds is 4. The second-order valence-electron chi connectivity index (χ2n) is 5.74. The monoisotopic (exact) mass is 364 g/mol. The highest BCUT2D eigenvalue weighted by Gasteiger charge is 2.29. The van der Waals surface area contributed by atoms with Gasteiger partial charge in [-0.3, -0.25) is 4.79 Å². The number of sulfonamides is 1. The number of nitrogens with one attached hydrogen (secondary N) is 1. The molecule has 2 rings (SSSR count). The molecule has 1 amide bonds. The molecule has 5 nitrogen and oxygen atoms in total. The van der Waals surface area contributed by atoms with E-state index in [4.69, 9.17) is 0 Å². The van der Waals surface area contributed by atoms with Crippen LogP contribution in [0.25, 0.3) is 0 Å². The van der Waals surface area contributed by atoms with Gasteiger partial charge in [-0.05, 0) is 37.5 Å². The van der Waals surface area contributed by atoms with Crippen LogP contribution >= 0.6 is 0 Å². The van der Waals surface area contributed by atoms with E-state index in [2.05, 4.69) is 0 Å². The molecule has 1 aromatic carbocycles. The van der Waals surface area contributed by atoms with Crippen LogP contribution in [0.3, 0.4) is 0 Å². The molecule has 1 aliphatic heterocycles. The Balaban J connectivity index is 2.26. The Hall–Kier alpha value is -1.61. The molecule has 0 unspecified atom stereocenters. The first-order chi connectivity index (χ1) is 11.1. The van der Waals surface area contributed by atoms with Crippen molar-refractivity contribution in [1.29, 1.82) is 0 Å². The molecule has 0 saturated carbocycles. The molecule has 0 radical (unpaired) electrons. The summed E-state index contributed by atoms with van der Waals surface area (Å²) < 4.78 is 63.2. The van der Waals surface area contributed by atoms with E-state index >= 15 is 0 Å². The molecule has 0 spiro atoms. The molecule has 1 N–H and O–H groups in total. The minimum absolute atomic E-state index is 0.0719. The predicted molar refractivity (Wildman–Crippen MR) is 82.2 cm³/mol. The van der Waals surface area contributed by atoms with E-state index < -0.39 is 28.7 Å². The fourth-order valence-electron chi connectivity index (χ4n) is 2.54. The van der Waals surface area contributed by atoms with E-state index in [0.29, 0.717) is 18.7 Å². The van der Waals surface area contributed by atoms with Crippen LogP contribution in [0.2, 0.25) is 0 Å². The number of hydrogen-bond acceptors (Lipinski definition) is 3. The highest BCUT2D eigenvalue weighted by molar-refractivity contribution is 7.89. The first-order valence-electron chi connectivity index (χ1n) is 7.57. The van der Waals surface area contributed by atoms with Crippen LogP contribution in [-0.4, -0.2) is 44.4 Å². The number of carbonyl (C=O) groups is 1. The Bertz CT molecular complexity index is 711. The van der Waals surface area contributed by atoms with Gasteiger partial charge in [-0.1, -0.05) is 12.5 Å². The van der Waals surface area contributed by atoms with Gasteiger partial charge in [0, 0.05) is 18.7 Å².